The van der Waals surface area contributed by atoms with Crippen LogP contribution in [-0.4, -0.2) is 48.8 Å². The van der Waals surface area contributed by atoms with Gasteiger partial charge >= 0.3 is 0 Å². The molecule has 0 aliphatic carbocycles. The van der Waals surface area contributed by atoms with Gasteiger partial charge in [0.1, 0.15) is 0 Å². The molecule has 1 unspecified atom stereocenters. The van der Waals surface area contributed by atoms with Crippen molar-refractivity contribution in [1.29, 1.82) is 0 Å². The second-order valence-corrected chi connectivity index (χ2v) is 6.21. The zero-order valence-corrected chi connectivity index (χ0v) is 13.8. The van der Waals surface area contributed by atoms with Crippen molar-refractivity contribution in [1.82, 2.24) is 9.88 Å². The number of rotatable bonds is 4. The minimum Gasteiger partial charge on any atom is -0.381 e. The van der Waals surface area contributed by atoms with E-state index in [0.717, 1.165) is 53.8 Å². The van der Waals surface area contributed by atoms with Crippen LogP contribution in [0.4, 0.5) is 5.69 Å². The zero-order valence-electron chi connectivity index (χ0n) is 12.2. The lowest BCUT2D eigenvalue weighted by molar-refractivity contribution is -0.0191. The zero-order chi connectivity index (χ0) is 14.7. The van der Waals surface area contributed by atoms with E-state index < -0.39 is 0 Å². The number of ether oxygens (including phenoxy) is 1. The van der Waals surface area contributed by atoms with E-state index in [1.165, 1.54) is 0 Å². The van der Waals surface area contributed by atoms with Crippen LogP contribution in [0.5, 0.6) is 0 Å². The van der Waals surface area contributed by atoms with Crippen LogP contribution in [0.15, 0.2) is 34.9 Å². The van der Waals surface area contributed by atoms with Gasteiger partial charge in [0.05, 0.1) is 23.9 Å². The number of morpholine rings is 1. The van der Waals surface area contributed by atoms with Crippen molar-refractivity contribution in [3.63, 3.8) is 0 Å². The topological polar surface area (TPSA) is 37.4 Å². The smallest absolute Gasteiger partial charge is 0.0934 e. The van der Waals surface area contributed by atoms with Gasteiger partial charge in [0, 0.05) is 35.7 Å². The van der Waals surface area contributed by atoms with Crippen molar-refractivity contribution in [2.45, 2.75) is 13.0 Å². The number of hydrogen-bond donors (Lipinski definition) is 1. The lowest BCUT2D eigenvalue weighted by Gasteiger charge is -2.32. The third-order valence-corrected chi connectivity index (χ3v) is 4.30. The number of benzene rings is 1. The van der Waals surface area contributed by atoms with Crippen molar-refractivity contribution >= 4 is 32.5 Å². The number of pyridine rings is 1. The van der Waals surface area contributed by atoms with Crippen LogP contribution in [-0.2, 0) is 4.74 Å². The molecule has 0 amide bonds. The summed E-state index contributed by atoms with van der Waals surface area (Å²) in [7, 11) is 0. The predicted octanol–water partition coefficient (Wildman–Crippen LogP) is 3.13. The predicted molar refractivity (Wildman–Crippen MR) is 89.8 cm³/mol. The van der Waals surface area contributed by atoms with E-state index >= 15 is 0 Å². The summed E-state index contributed by atoms with van der Waals surface area (Å²) in [5.74, 6) is 0. The Bertz CT molecular complexity index is 619. The van der Waals surface area contributed by atoms with E-state index in [4.69, 9.17) is 4.74 Å². The number of para-hydroxylation sites is 1. The van der Waals surface area contributed by atoms with E-state index in [9.17, 15) is 0 Å². The highest BCUT2D eigenvalue weighted by molar-refractivity contribution is 9.10. The van der Waals surface area contributed by atoms with E-state index in [1.54, 1.807) is 0 Å². The Balaban J connectivity index is 1.70. The van der Waals surface area contributed by atoms with Gasteiger partial charge in [-0.1, -0.05) is 19.1 Å². The molecule has 3 rings (SSSR count). The lowest BCUT2D eigenvalue weighted by Crippen LogP contribution is -2.45. The quantitative estimate of drug-likeness (QED) is 0.919. The molecule has 1 atom stereocenters. The summed E-state index contributed by atoms with van der Waals surface area (Å²) in [6, 6.07) is 8.29. The molecule has 1 aromatic heterocycles. The highest BCUT2D eigenvalue weighted by atomic mass is 79.9. The van der Waals surface area contributed by atoms with E-state index in [-0.39, 0.29) is 6.10 Å². The maximum absolute atomic E-state index is 5.83. The van der Waals surface area contributed by atoms with Gasteiger partial charge in [-0.3, -0.25) is 9.88 Å². The molecule has 2 heterocycles. The first-order valence-corrected chi connectivity index (χ1v) is 8.17. The number of hydrogen-bond acceptors (Lipinski definition) is 4. The van der Waals surface area contributed by atoms with Gasteiger partial charge in [0.15, 0.2) is 0 Å². The Kier molecular flexibility index (Phi) is 4.73. The molecule has 0 bridgehead atoms. The molecule has 0 radical (unpaired) electrons. The standard InChI is InChI=1S/C16H20BrN3O/c1-2-20-6-7-21-14(11-20)10-18-15-5-3-4-12-8-13(17)9-19-16(12)15/h3-5,8-9,14,18H,2,6-7,10-11H2,1H3. The first-order valence-electron chi connectivity index (χ1n) is 7.38. The summed E-state index contributed by atoms with van der Waals surface area (Å²) in [4.78, 5) is 6.94. The third-order valence-electron chi connectivity index (χ3n) is 3.87. The van der Waals surface area contributed by atoms with E-state index in [0.29, 0.717) is 0 Å². The van der Waals surface area contributed by atoms with Gasteiger partial charge in [0.25, 0.3) is 0 Å². The average molecular weight is 350 g/mol. The molecule has 112 valence electrons. The maximum atomic E-state index is 5.83. The fraction of sp³-hybridized carbons (Fsp3) is 0.438. The van der Waals surface area contributed by atoms with Crippen LogP contribution in [0.25, 0.3) is 10.9 Å². The van der Waals surface area contributed by atoms with Gasteiger partial charge in [-0.2, -0.15) is 0 Å². The second-order valence-electron chi connectivity index (χ2n) is 5.30. The minimum atomic E-state index is 0.240. The fourth-order valence-electron chi connectivity index (χ4n) is 2.69. The van der Waals surface area contributed by atoms with Crippen LogP contribution >= 0.6 is 15.9 Å². The Morgan fingerprint density at radius 1 is 1.48 bits per heavy atom. The van der Waals surface area contributed by atoms with Gasteiger partial charge in [0.2, 0.25) is 0 Å². The molecule has 1 aromatic carbocycles. The first-order chi connectivity index (χ1) is 10.3. The molecule has 0 spiro atoms. The molecule has 1 fully saturated rings. The number of halogens is 1. The molecule has 1 aliphatic heterocycles. The molecular formula is C16H20BrN3O. The Hall–Kier alpha value is -1.17. The highest BCUT2D eigenvalue weighted by Crippen LogP contribution is 2.24. The lowest BCUT2D eigenvalue weighted by atomic mass is 10.2. The number of likely N-dealkylation sites (N-methyl/N-ethyl adjacent to an activating group) is 1. The second kappa shape index (κ2) is 6.73. The summed E-state index contributed by atoms with van der Waals surface area (Å²) in [5.41, 5.74) is 2.07. The Morgan fingerprint density at radius 3 is 3.24 bits per heavy atom. The van der Waals surface area contributed by atoms with E-state index in [1.807, 2.05) is 6.20 Å². The summed E-state index contributed by atoms with van der Waals surface area (Å²) in [6.07, 6.45) is 2.08. The molecule has 1 N–H and O–H groups in total. The summed E-state index contributed by atoms with van der Waals surface area (Å²) < 4.78 is 6.83. The molecule has 1 saturated heterocycles. The molecule has 5 heteroatoms. The molecule has 0 saturated carbocycles. The molecular weight excluding hydrogens is 330 g/mol. The van der Waals surface area contributed by atoms with Gasteiger partial charge in [-0.25, -0.2) is 0 Å². The Labute approximate surface area is 133 Å². The van der Waals surface area contributed by atoms with Crippen molar-refractivity contribution in [3.05, 3.63) is 34.9 Å². The number of aromatic nitrogens is 1. The molecule has 4 nitrogen and oxygen atoms in total. The normalized spacial score (nSPS) is 19.8. The summed E-state index contributed by atoms with van der Waals surface area (Å²) in [6.45, 7) is 6.95. The fourth-order valence-corrected chi connectivity index (χ4v) is 3.04. The van der Waals surface area contributed by atoms with Crippen molar-refractivity contribution in [2.24, 2.45) is 0 Å². The van der Waals surface area contributed by atoms with Crippen LogP contribution in [0.1, 0.15) is 6.92 Å². The monoisotopic (exact) mass is 349 g/mol. The van der Waals surface area contributed by atoms with E-state index in [2.05, 4.69) is 62.3 Å². The average Bonchev–Trinajstić information content (AvgIpc) is 2.52. The number of nitrogens with zero attached hydrogens (tertiary/aromatic N) is 2. The minimum absolute atomic E-state index is 0.240. The largest absolute Gasteiger partial charge is 0.381 e. The number of fused-ring (bicyclic) bond motifs is 1. The van der Waals surface area contributed by atoms with Gasteiger partial charge < -0.3 is 10.1 Å². The van der Waals surface area contributed by atoms with Crippen LogP contribution in [0.2, 0.25) is 0 Å². The highest BCUT2D eigenvalue weighted by Gasteiger charge is 2.19. The third kappa shape index (κ3) is 3.54. The first kappa shape index (κ1) is 14.8. The van der Waals surface area contributed by atoms with Crippen molar-refractivity contribution in [3.8, 4) is 0 Å². The van der Waals surface area contributed by atoms with Crippen molar-refractivity contribution in [2.75, 3.05) is 38.1 Å². The Morgan fingerprint density at radius 2 is 2.38 bits per heavy atom. The maximum Gasteiger partial charge on any atom is 0.0934 e. The van der Waals surface area contributed by atoms with Crippen LogP contribution in [0.3, 0.4) is 0 Å². The van der Waals surface area contributed by atoms with Crippen molar-refractivity contribution < 1.29 is 4.74 Å². The molecule has 21 heavy (non-hydrogen) atoms. The SMILES string of the molecule is CCN1CCOC(CNc2cccc3cc(Br)cnc23)C1. The molecule has 2 aromatic rings. The molecule has 1 aliphatic rings. The number of anilines is 1. The van der Waals surface area contributed by atoms with Gasteiger partial charge in [-0.15, -0.1) is 0 Å². The van der Waals surface area contributed by atoms with Crippen LogP contribution in [0, 0.1) is 0 Å². The summed E-state index contributed by atoms with van der Waals surface area (Å²) in [5, 5.41) is 4.63. The summed E-state index contributed by atoms with van der Waals surface area (Å²) >= 11 is 3.46. The van der Waals surface area contributed by atoms with Gasteiger partial charge in [-0.05, 0) is 34.6 Å². The number of nitrogens with one attached hydrogen (secondary N) is 1. The van der Waals surface area contributed by atoms with Crippen LogP contribution < -0.4 is 5.32 Å².